The highest BCUT2D eigenvalue weighted by Gasteiger charge is 2.56. The third-order valence-electron chi connectivity index (χ3n) is 5.32. The fourth-order valence-corrected chi connectivity index (χ4v) is 5.36. The largest absolute Gasteiger partial charge is 0.427 e. The lowest BCUT2D eigenvalue weighted by atomic mass is 9.93. The van der Waals surface area contributed by atoms with Crippen molar-refractivity contribution in [3.05, 3.63) is 38.5 Å². The smallest absolute Gasteiger partial charge is 0.317 e. The summed E-state index contributed by atoms with van der Waals surface area (Å²) in [5, 5.41) is 8.12. The maximum Gasteiger partial charge on any atom is 0.427 e. The molecule has 1 saturated carbocycles. The predicted molar refractivity (Wildman–Crippen MR) is 93.6 cm³/mol. The molecule has 0 radical (unpaired) electrons. The van der Waals surface area contributed by atoms with Gasteiger partial charge in [-0.2, -0.15) is 24.5 Å². The van der Waals surface area contributed by atoms with E-state index in [4.69, 9.17) is 0 Å². The lowest BCUT2D eigenvalue weighted by Gasteiger charge is -2.29. The molecule has 0 amide bonds. The van der Waals surface area contributed by atoms with Gasteiger partial charge in [0.05, 0.1) is 12.7 Å². The molecule has 3 heterocycles. The van der Waals surface area contributed by atoms with Gasteiger partial charge in [0.25, 0.3) is 0 Å². The van der Waals surface area contributed by atoms with Gasteiger partial charge in [0.1, 0.15) is 9.88 Å². The van der Waals surface area contributed by atoms with Crippen LogP contribution in [0.1, 0.15) is 34.7 Å². The Morgan fingerprint density at radius 1 is 1.28 bits per heavy atom. The first-order valence-electron chi connectivity index (χ1n) is 8.44. The summed E-state index contributed by atoms with van der Waals surface area (Å²) in [6.07, 6.45) is 0.128. The van der Waals surface area contributed by atoms with Gasteiger partial charge in [-0.15, -0.1) is 11.3 Å². The van der Waals surface area contributed by atoms with E-state index >= 15 is 0 Å². The summed E-state index contributed by atoms with van der Waals surface area (Å²) >= 11 is 2.43. The number of aromatic nitrogens is 1. The van der Waals surface area contributed by atoms with Crippen molar-refractivity contribution in [2.75, 3.05) is 13.1 Å². The van der Waals surface area contributed by atoms with Crippen LogP contribution in [0.25, 0.3) is 0 Å². The van der Waals surface area contributed by atoms with Gasteiger partial charge in [-0.25, -0.2) is 4.98 Å². The number of alkyl halides is 3. The van der Waals surface area contributed by atoms with E-state index in [9.17, 15) is 13.2 Å². The summed E-state index contributed by atoms with van der Waals surface area (Å²) < 4.78 is 38.6. The Kier molecular flexibility index (Phi) is 4.64. The Morgan fingerprint density at radius 3 is 2.72 bits per heavy atom. The number of halogens is 3. The standard InChI is InChI=1S/C17H20F3N3S2/c18-17(19,20)14-8-22-15(25-14)10-23(9-12-1-6-24-11-12)13-7-16(13)2-4-21-5-3-16/h1,6,8,11,13,21H,2-5,7,9-10H2. The van der Waals surface area contributed by atoms with Crippen LogP contribution in [0.3, 0.4) is 0 Å². The average molecular weight is 387 g/mol. The molecule has 2 fully saturated rings. The molecule has 136 valence electrons. The molecule has 1 aliphatic heterocycles. The van der Waals surface area contributed by atoms with Crippen LogP contribution in [0.15, 0.2) is 23.0 Å². The molecule has 1 spiro atoms. The molecule has 1 unspecified atom stereocenters. The lowest BCUT2D eigenvalue weighted by Crippen LogP contribution is -2.35. The van der Waals surface area contributed by atoms with Crippen molar-refractivity contribution in [2.24, 2.45) is 5.41 Å². The second-order valence-corrected chi connectivity index (χ2v) is 8.88. The van der Waals surface area contributed by atoms with Gasteiger partial charge >= 0.3 is 6.18 Å². The quantitative estimate of drug-likeness (QED) is 0.826. The number of hydrogen-bond acceptors (Lipinski definition) is 5. The van der Waals surface area contributed by atoms with Crippen molar-refractivity contribution < 1.29 is 13.2 Å². The highest BCUT2D eigenvalue weighted by molar-refractivity contribution is 7.11. The Bertz CT molecular complexity index is 705. The number of thiophene rings is 1. The van der Waals surface area contributed by atoms with Gasteiger partial charge in [-0.3, -0.25) is 4.90 Å². The molecule has 0 bridgehead atoms. The molecular formula is C17H20F3N3S2. The van der Waals surface area contributed by atoms with Gasteiger partial charge in [-0.05, 0) is 60.2 Å². The molecule has 8 heteroatoms. The van der Waals surface area contributed by atoms with Crippen LogP contribution in [-0.2, 0) is 19.3 Å². The first-order chi connectivity index (χ1) is 12.0. The fraction of sp³-hybridized carbons (Fsp3) is 0.588. The van der Waals surface area contributed by atoms with Crippen LogP contribution in [0.4, 0.5) is 13.2 Å². The summed E-state index contributed by atoms with van der Waals surface area (Å²) in [5.74, 6) is 0. The zero-order chi connectivity index (χ0) is 17.5. The maximum absolute atomic E-state index is 12.9. The van der Waals surface area contributed by atoms with Crippen molar-refractivity contribution >= 4 is 22.7 Å². The highest BCUT2D eigenvalue weighted by atomic mass is 32.1. The molecule has 2 aromatic rings. The van der Waals surface area contributed by atoms with Crippen LogP contribution >= 0.6 is 22.7 Å². The van der Waals surface area contributed by atoms with E-state index in [1.165, 1.54) is 5.56 Å². The topological polar surface area (TPSA) is 28.2 Å². The summed E-state index contributed by atoms with van der Waals surface area (Å²) in [5.41, 5.74) is 1.58. The summed E-state index contributed by atoms with van der Waals surface area (Å²) in [7, 11) is 0. The zero-order valence-electron chi connectivity index (χ0n) is 13.7. The third-order valence-corrected chi connectivity index (χ3v) is 7.08. The van der Waals surface area contributed by atoms with E-state index in [2.05, 4.69) is 26.6 Å². The van der Waals surface area contributed by atoms with E-state index in [0.29, 0.717) is 23.0 Å². The summed E-state index contributed by atoms with van der Waals surface area (Å²) in [6, 6.07) is 2.55. The number of hydrogen-bond donors (Lipinski definition) is 1. The average Bonchev–Trinajstić information content (AvgIpc) is 3.00. The minimum atomic E-state index is -4.30. The van der Waals surface area contributed by atoms with Crippen LogP contribution in [0.5, 0.6) is 0 Å². The molecule has 3 nitrogen and oxygen atoms in total. The van der Waals surface area contributed by atoms with Crippen molar-refractivity contribution in [3.8, 4) is 0 Å². The van der Waals surface area contributed by atoms with Crippen LogP contribution in [0, 0.1) is 5.41 Å². The molecule has 2 aromatic heterocycles. The highest BCUT2D eigenvalue weighted by Crippen LogP contribution is 2.56. The van der Waals surface area contributed by atoms with Crippen LogP contribution in [0.2, 0.25) is 0 Å². The number of rotatable bonds is 5. The van der Waals surface area contributed by atoms with Gasteiger partial charge in [0.2, 0.25) is 0 Å². The Hall–Kier alpha value is -0.960. The van der Waals surface area contributed by atoms with Crippen molar-refractivity contribution in [1.82, 2.24) is 15.2 Å². The molecule has 1 aliphatic carbocycles. The Labute approximate surface area is 152 Å². The number of thiazole rings is 1. The Morgan fingerprint density at radius 2 is 2.08 bits per heavy atom. The first kappa shape index (κ1) is 17.5. The number of piperidine rings is 1. The van der Waals surface area contributed by atoms with Gasteiger partial charge in [0, 0.05) is 12.6 Å². The van der Waals surface area contributed by atoms with Gasteiger partial charge in [-0.1, -0.05) is 0 Å². The first-order valence-corrected chi connectivity index (χ1v) is 10.2. The van der Waals surface area contributed by atoms with E-state index in [-0.39, 0.29) is 0 Å². The van der Waals surface area contributed by atoms with Crippen molar-refractivity contribution in [2.45, 2.75) is 44.6 Å². The maximum atomic E-state index is 12.9. The van der Waals surface area contributed by atoms with Crippen LogP contribution < -0.4 is 5.32 Å². The monoisotopic (exact) mass is 387 g/mol. The molecule has 25 heavy (non-hydrogen) atoms. The molecule has 1 atom stereocenters. The molecule has 1 N–H and O–H groups in total. The van der Waals surface area contributed by atoms with E-state index < -0.39 is 11.1 Å². The second kappa shape index (κ2) is 6.64. The third kappa shape index (κ3) is 3.77. The van der Waals surface area contributed by atoms with Gasteiger partial charge in [0.15, 0.2) is 0 Å². The number of nitrogens with one attached hydrogen (secondary N) is 1. The minimum Gasteiger partial charge on any atom is -0.317 e. The minimum absolute atomic E-state index is 0.353. The molecule has 0 aromatic carbocycles. The lowest BCUT2D eigenvalue weighted by molar-refractivity contribution is -0.134. The van der Waals surface area contributed by atoms with Crippen molar-refractivity contribution in [3.63, 3.8) is 0 Å². The normalized spacial score (nSPS) is 22.6. The predicted octanol–water partition coefficient (Wildman–Crippen LogP) is 4.37. The Balaban J connectivity index is 1.51. The summed E-state index contributed by atoms with van der Waals surface area (Å²) in [4.78, 5) is 5.78. The van der Waals surface area contributed by atoms with E-state index in [1.807, 2.05) is 5.38 Å². The zero-order valence-corrected chi connectivity index (χ0v) is 15.3. The van der Waals surface area contributed by atoms with E-state index in [1.54, 1.807) is 11.3 Å². The second-order valence-electron chi connectivity index (χ2n) is 6.98. The summed E-state index contributed by atoms with van der Waals surface area (Å²) in [6.45, 7) is 3.36. The van der Waals surface area contributed by atoms with Crippen molar-refractivity contribution in [1.29, 1.82) is 0 Å². The molecule has 4 rings (SSSR count). The van der Waals surface area contributed by atoms with Crippen LogP contribution in [-0.4, -0.2) is 29.0 Å². The molecule has 2 aliphatic rings. The number of nitrogens with zero attached hydrogens (tertiary/aromatic N) is 2. The molecular weight excluding hydrogens is 367 g/mol. The van der Waals surface area contributed by atoms with E-state index in [0.717, 1.165) is 56.4 Å². The van der Waals surface area contributed by atoms with Gasteiger partial charge < -0.3 is 5.32 Å². The SMILES string of the molecule is FC(F)(F)c1cnc(CN(Cc2ccsc2)C2CC23CCNCC3)s1. The fourth-order valence-electron chi connectivity index (χ4n) is 3.89. The molecule has 1 saturated heterocycles.